The van der Waals surface area contributed by atoms with Crippen molar-refractivity contribution in [3.63, 3.8) is 0 Å². The Kier molecular flexibility index (Phi) is 5.64. The number of nitrogens with zero attached hydrogens (tertiary/aromatic N) is 3. The Bertz CT molecular complexity index is 1420. The number of imidazole rings is 1. The molecule has 1 saturated heterocycles. The minimum atomic E-state index is -3.24. The molecular weight excluding hydrogens is 456 g/mol. The number of anilines is 1. The van der Waals surface area contributed by atoms with Crippen molar-refractivity contribution >= 4 is 38.2 Å². The predicted molar refractivity (Wildman–Crippen MR) is 135 cm³/mol. The molecular formula is C25H25ClN4O2S. The van der Waals surface area contributed by atoms with Gasteiger partial charge in [0.2, 0.25) is 0 Å². The summed E-state index contributed by atoms with van der Waals surface area (Å²) in [6.45, 7) is 4.04. The molecule has 0 amide bonds. The fourth-order valence-corrected chi connectivity index (χ4v) is 5.20. The van der Waals surface area contributed by atoms with Gasteiger partial charge in [0.15, 0.2) is 9.84 Å². The van der Waals surface area contributed by atoms with Gasteiger partial charge in [0.25, 0.3) is 0 Å². The number of hydrogen-bond donors (Lipinski definition) is 1. The van der Waals surface area contributed by atoms with Crippen LogP contribution in [0.3, 0.4) is 0 Å². The molecule has 0 radical (unpaired) electrons. The topological polar surface area (TPSA) is 67.2 Å². The number of aryl methyl sites for hydroxylation is 1. The third-order valence-electron chi connectivity index (χ3n) is 6.16. The molecule has 170 valence electrons. The van der Waals surface area contributed by atoms with Crippen molar-refractivity contribution in [2.24, 2.45) is 7.05 Å². The van der Waals surface area contributed by atoms with E-state index >= 15 is 0 Å². The van der Waals surface area contributed by atoms with Gasteiger partial charge in [0, 0.05) is 50.7 Å². The van der Waals surface area contributed by atoms with E-state index in [1.807, 2.05) is 17.7 Å². The average molecular weight is 481 g/mol. The van der Waals surface area contributed by atoms with Crippen LogP contribution in [-0.2, 0) is 16.9 Å². The lowest BCUT2D eigenvalue weighted by Gasteiger charge is -2.29. The Morgan fingerprint density at radius 1 is 0.909 bits per heavy atom. The molecule has 1 aliphatic heterocycles. The second-order valence-corrected chi connectivity index (χ2v) is 10.8. The summed E-state index contributed by atoms with van der Waals surface area (Å²) in [5.41, 5.74) is 5.83. The van der Waals surface area contributed by atoms with E-state index in [0.717, 1.165) is 59.7 Å². The first-order valence-electron chi connectivity index (χ1n) is 10.8. The first kappa shape index (κ1) is 21.9. The van der Waals surface area contributed by atoms with Gasteiger partial charge in [-0.05, 0) is 59.7 Å². The molecule has 6 nitrogen and oxygen atoms in total. The number of benzene rings is 3. The summed E-state index contributed by atoms with van der Waals surface area (Å²) in [7, 11) is -1.30. The molecule has 0 unspecified atom stereocenters. The Morgan fingerprint density at radius 2 is 1.55 bits per heavy atom. The SMILES string of the molecule is Cn1c(-c2ccc(S(C)(=O)=O)cc2)nc2c(Cl)cc(-c3ccc(N4CCNCC4)cc3)cc21. The Balaban J connectivity index is 1.51. The zero-order valence-electron chi connectivity index (χ0n) is 18.5. The van der Waals surface area contributed by atoms with E-state index < -0.39 is 9.84 Å². The lowest BCUT2D eigenvalue weighted by molar-refractivity contribution is 0.589. The highest BCUT2D eigenvalue weighted by molar-refractivity contribution is 7.90. The van der Waals surface area contributed by atoms with Crippen LogP contribution in [0.4, 0.5) is 5.69 Å². The van der Waals surface area contributed by atoms with Crippen molar-refractivity contribution in [3.05, 3.63) is 65.7 Å². The van der Waals surface area contributed by atoms with E-state index in [1.165, 1.54) is 11.9 Å². The van der Waals surface area contributed by atoms with Crippen molar-refractivity contribution in [2.45, 2.75) is 4.90 Å². The van der Waals surface area contributed by atoms with E-state index in [4.69, 9.17) is 16.6 Å². The smallest absolute Gasteiger partial charge is 0.175 e. The van der Waals surface area contributed by atoms with E-state index in [1.54, 1.807) is 24.3 Å². The van der Waals surface area contributed by atoms with Crippen LogP contribution in [0.1, 0.15) is 0 Å². The predicted octanol–water partition coefficient (Wildman–Crippen LogP) is 4.37. The van der Waals surface area contributed by atoms with Gasteiger partial charge < -0.3 is 14.8 Å². The quantitative estimate of drug-likeness (QED) is 0.469. The monoisotopic (exact) mass is 480 g/mol. The summed E-state index contributed by atoms with van der Waals surface area (Å²) in [5.74, 6) is 0.734. The van der Waals surface area contributed by atoms with E-state index in [9.17, 15) is 8.42 Å². The third-order valence-corrected chi connectivity index (χ3v) is 7.58. The maximum absolute atomic E-state index is 11.8. The summed E-state index contributed by atoms with van der Waals surface area (Å²) in [5, 5.41) is 3.97. The zero-order valence-corrected chi connectivity index (χ0v) is 20.1. The van der Waals surface area contributed by atoms with Crippen LogP contribution < -0.4 is 10.2 Å². The Morgan fingerprint density at radius 3 is 2.18 bits per heavy atom. The summed E-state index contributed by atoms with van der Waals surface area (Å²) >= 11 is 6.65. The number of hydrogen-bond acceptors (Lipinski definition) is 5. The molecule has 1 aliphatic rings. The number of rotatable bonds is 4. The lowest BCUT2D eigenvalue weighted by atomic mass is 10.0. The van der Waals surface area contributed by atoms with Crippen molar-refractivity contribution in [1.82, 2.24) is 14.9 Å². The molecule has 33 heavy (non-hydrogen) atoms. The fraction of sp³-hybridized carbons (Fsp3) is 0.240. The van der Waals surface area contributed by atoms with Crippen LogP contribution in [0.5, 0.6) is 0 Å². The zero-order chi connectivity index (χ0) is 23.2. The van der Waals surface area contributed by atoms with Crippen molar-refractivity contribution < 1.29 is 8.42 Å². The number of nitrogens with one attached hydrogen (secondary N) is 1. The van der Waals surface area contributed by atoms with Crippen LogP contribution in [0.25, 0.3) is 33.5 Å². The highest BCUT2D eigenvalue weighted by Gasteiger charge is 2.16. The van der Waals surface area contributed by atoms with Gasteiger partial charge in [-0.3, -0.25) is 0 Å². The molecule has 5 rings (SSSR count). The number of halogens is 1. The van der Waals surface area contributed by atoms with E-state index in [2.05, 4.69) is 40.5 Å². The van der Waals surface area contributed by atoms with E-state index in [0.29, 0.717) is 5.02 Å². The number of sulfone groups is 1. The maximum Gasteiger partial charge on any atom is 0.175 e. The van der Waals surface area contributed by atoms with Crippen molar-refractivity contribution in [2.75, 3.05) is 37.3 Å². The second-order valence-electron chi connectivity index (χ2n) is 8.40. The lowest BCUT2D eigenvalue weighted by Crippen LogP contribution is -2.43. The van der Waals surface area contributed by atoms with Crippen LogP contribution >= 0.6 is 11.6 Å². The van der Waals surface area contributed by atoms with Crippen molar-refractivity contribution in [3.8, 4) is 22.5 Å². The molecule has 0 bridgehead atoms. The molecule has 2 heterocycles. The molecule has 1 fully saturated rings. The minimum Gasteiger partial charge on any atom is -0.369 e. The molecule has 0 spiro atoms. The Labute approximate surface area is 198 Å². The normalized spacial score (nSPS) is 14.7. The van der Waals surface area contributed by atoms with Gasteiger partial charge in [-0.15, -0.1) is 0 Å². The van der Waals surface area contributed by atoms with Gasteiger partial charge in [-0.1, -0.05) is 23.7 Å². The average Bonchev–Trinajstić information content (AvgIpc) is 3.16. The molecule has 8 heteroatoms. The summed E-state index contributed by atoms with van der Waals surface area (Å²) in [6, 6.07) is 19.4. The highest BCUT2D eigenvalue weighted by atomic mass is 35.5. The molecule has 4 aromatic rings. The van der Waals surface area contributed by atoms with Gasteiger partial charge in [0.1, 0.15) is 11.3 Å². The molecule has 1 aromatic heterocycles. The van der Waals surface area contributed by atoms with Gasteiger partial charge in [0.05, 0.1) is 15.4 Å². The molecule has 0 saturated carbocycles. The fourth-order valence-electron chi connectivity index (χ4n) is 4.31. The first-order valence-corrected chi connectivity index (χ1v) is 13.1. The summed E-state index contributed by atoms with van der Waals surface area (Å²) in [6.07, 6.45) is 1.20. The Hall–Kier alpha value is -2.87. The molecule has 1 N–H and O–H groups in total. The maximum atomic E-state index is 11.8. The third kappa shape index (κ3) is 4.24. The van der Waals surface area contributed by atoms with Crippen LogP contribution in [-0.4, -0.2) is 50.4 Å². The van der Waals surface area contributed by atoms with E-state index in [-0.39, 0.29) is 4.90 Å². The number of aromatic nitrogens is 2. The van der Waals surface area contributed by atoms with Crippen LogP contribution in [0, 0.1) is 0 Å². The van der Waals surface area contributed by atoms with Gasteiger partial charge >= 0.3 is 0 Å². The first-order chi connectivity index (χ1) is 15.8. The minimum absolute atomic E-state index is 0.287. The van der Waals surface area contributed by atoms with Crippen molar-refractivity contribution in [1.29, 1.82) is 0 Å². The van der Waals surface area contributed by atoms with Crippen LogP contribution in [0.2, 0.25) is 5.02 Å². The second kappa shape index (κ2) is 8.48. The highest BCUT2D eigenvalue weighted by Crippen LogP contribution is 2.34. The number of piperazine rings is 1. The summed E-state index contributed by atoms with van der Waals surface area (Å²) < 4.78 is 25.5. The van der Waals surface area contributed by atoms with Crippen LogP contribution in [0.15, 0.2) is 65.6 Å². The number of fused-ring (bicyclic) bond motifs is 1. The van der Waals surface area contributed by atoms with Gasteiger partial charge in [-0.2, -0.15) is 0 Å². The molecule has 0 atom stereocenters. The molecule has 3 aromatic carbocycles. The summed E-state index contributed by atoms with van der Waals surface area (Å²) in [4.78, 5) is 7.43. The standard InChI is InChI=1S/C25H25ClN4O2S/c1-29-23-16-19(17-3-7-20(8-4-17)30-13-11-27-12-14-30)15-22(26)24(23)28-25(29)18-5-9-21(10-6-18)33(2,31)32/h3-10,15-16,27H,11-14H2,1-2H3. The largest absolute Gasteiger partial charge is 0.369 e. The van der Waals surface area contributed by atoms with Gasteiger partial charge in [-0.25, -0.2) is 13.4 Å². The molecule has 0 aliphatic carbocycles.